The number of carbonyl (C=O) groups is 2. The fourth-order valence-electron chi connectivity index (χ4n) is 3.64. The molecule has 4 rings (SSSR count). The Morgan fingerprint density at radius 2 is 1.66 bits per heavy atom. The number of anilines is 2. The second-order valence-corrected chi connectivity index (χ2v) is 9.92. The highest BCUT2D eigenvalue weighted by Gasteiger charge is 2.38. The average Bonchev–Trinajstić information content (AvgIpc) is 3.20. The summed E-state index contributed by atoms with van der Waals surface area (Å²) in [4.78, 5) is 28.9. The molecule has 2 aromatic carbocycles. The number of fused-ring (bicyclic) bond motifs is 2. The first-order valence-corrected chi connectivity index (χ1v) is 11.8. The molecule has 0 aromatic heterocycles. The quantitative estimate of drug-likeness (QED) is 0.691. The number of hydrogen-bond donors (Lipinski definition) is 0. The Labute approximate surface area is 173 Å². The molecule has 2 aromatic rings. The molecular formula is C20H20N2O5S2. The van der Waals surface area contributed by atoms with E-state index in [9.17, 15) is 18.0 Å². The number of hydrogen-bond acceptors (Lipinski definition) is 6. The lowest BCUT2D eigenvalue weighted by molar-refractivity contribution is -0.150. The van der Waals surface area contributed by atoms with Gasteiger partial charge in [-0.15, -0.1) is 0 Å². The van der Waals surface area contributed by atoms with Crippen molar-refractivity contribution in [2.45, 2.75) is 28.7 Å². The van der Waals surface area contributed by atoms with Gasteiger partial charge in [-0.25, -0.2) is 8.42 Å². The topological polar surface area (TPSA) is 84.0 Å². The Morgan fingerprint density at radius 3 is 2.24 bits per heavy atom. The number of esters is 1. The van der Waals surface area contributed by atoms with Gasteiger partial charge in [0.1, 0.15) is 6.04 Å². The molecule has 0 N–H and O–H groups in total. The first kappa shape index (κ1) is 19.9. The molecular weight excluding hydrogens is 412 g/mol. The summed E-state index contributed by atoms with van der Waals surface area (Å²) in [5.74, 6) is -1.07. The molecule has 0 spiro atoms. The van der Waals surface area contributed by atoms with Crippen LogP contribution < -0.4 is 4.90 Å². The fourth-order valence-corrected chi connectivity index (χ4v) is 5.81. The fraction of sp³-hybridized carbons (Fsp3) is 0.300. The van der Waals surface area contributed by atoms with E-state index in [2.05, 4.69) is 0 Å². The van der Waals surface area contributed by atoms with Gasteiger partial charge in [-0.3, -0.25) is 14.5 Å². The lowest BCUT2D eigenvalue weighted by Gasteiger charge is -2.31. The zero-order valence-electron chi connectivity index (χ0n) is 15.8. The molecule has 2 aliphatic rings. The van der Waals surface area contributed by atoms with Crippen LogP contribution in [0.4, 0.5) is 11.4 Å². The molecule has 0 saturated carbocycles. The van der Waals surface area contributed by atoms with Crippen molar-refractivity contribution in [1.29, 1.82) is 0 Å². The maximum Gasteiger partial charge on any atom is 0.324 e. The largest absolute Gasteiger partial charge is 0.454 e. The minimum absolute atomic E-state index is 0.288. The summed E-state index contributed by atoms with van der Waals surface area (Å²) in [5, 5.41) is 0. The van der Waals surface area contributed by atoms with E-state index in [1.165, 1.54) is 0 Å². The van der Waals surface area contributed by atoms with Crippen molar-refractivity contribution >= 4 is 45.0 Å². The van der Waals surface area contributed by atoms with Gasteiger partial charge in [0.15, 0.2) is 6.61 Å². The number of nitrogens with zero attached hydrogens (tertiary/aromatic N) is 2. The molecule has 1 amide bonds. The Hall–Kier alpha value is -2.36. The number of rotatable bonds is 4. The molecule has 7 nitrogen and oxygen atoms in total. The van der Waals surface area contributed by atoms with E-state index in [4.69, 9.17) is 4.74 Å². The van der Waals surface area contributed by atoms with Gasteiger partial charge >= 0.3 is 5.97 Å². The number of benzene rings is 2. The van der Waals surface area contributed by atoms with Crippen molar-refractivity contribution in [3.05, 3.63) is 48.5 Å². The van der Waals surface area contributed by atoms with Crippen LogP contribution in [0.3, 0.4) is 0 Å². The van der Waals surface area contributed by atoms with Crippen molar-refractivity contribution in [1.82, 2.24) is 4.31 Å². The Morgan fingerprint density at radius 1 is 1.07 bits per heavy atom. The third kappa shape index (κ3) is 3.90. The summed E-state index contributed by atoms with van der Waals surface area (Å²) in [6.07, 6.45) is 2.06. The molecule has 29 heavy (non-hydrogen) atoms. The number of amides is 1. The van der Waals surface area contributed by atoms with Crippen molar-refractivity contribution in [2.75, 3.05) is 24.3 Å². The minimum atomic E-state index is -3.50. The number of sulfonamides is 1. The van der Waals surface area contributed by atoms with E-state index in [1.807, 2.05) is 48.5 Å². The lowest BCUT2D eigenvalue weighted by Crippen LogP contribution is -2.42. The van der Waals surface area contributed by atoms with E-state index in [0.29, 0.717) is 12.8 Å². The first-order chi connectivity index (χ1) is 13.9. The van der Waals surface area contributed by atoms with Gasteiger partial charge in [0.05, 0.1) is 17.6 Å². The lowest BCUT2D eigenvalue weighted by atomic mass is 10.2. The average molecular weight is 433 g/mol. The first-order valence-electron chi connectivity index (χ1n) is 9.18. The maximum absolute atomic E-state index is 13.0. The molecule has 1 fully saturated rings. The predicted octanol–water partition coefficient (Wildman–Crippen LogP) is 2.78. The minimum Gasteiger partial charge on any atom is -0.454 e. The van der Waals surface area contributed by atoms with Crippen LogP contribution in [0.25, 0.3) is 0 Å². The number of ether oxygens (including phenoxy) is 1. The standard InChI is InChI=1S/C20H20N2O5S2/c1-29(25,26)21-12-6-9-16(21)20(24)27-13-19(23)22-14-7-2-4-10-17(14)28-18-11-5-3-8-15(18)22/h2-5,7-8,10-11,16H,6,9,12-13H2,1H3/t16-/m0/s1. The predicted molar refractivity (Wildman–Crippen MR) is 110 cm³/mol. The zero-order valence-corrected chi connectivity index (χ0v) is 17.4. The highest BCUT2D eigenvalue weighted by molar-refractivity contribution is 7.99. The van der Waals surface area contributed by atoms with Gasteiger partial charge in [0.25, 0.3) is 5.91 Å². The van der Waals surface area contributed by atoms with Crippen molar-refractivity contribution in [3.8, 4) is 0 Å². The van der Waals surface area contributed by atoms with Crippen molar-refractivity contribution in [2.24, 2.45) is 0 Å². The zero-order chi connectivity index (χ0) is 20.6. The summed E-state index contributed by atoms with van der Waals surface area (Å²) >= 11 is 1.58. The van der Waals surface area contributed by atoms with Crippen LogP contribution in [-0.4, -0.2) is 50.0 Å². The van der Waals surface area contributed by atoms with Crippen LogP contribution in [0.5, 0.6) is 0 Å². The summed E-state index contributed by atoms with van der Waals surface area (Å²) < 4.78 is 30.1. The normalized spacial score (nSPS) is 18.8. The molecule has 1 saturated heterocycles. The van der Waals surface area contributed by atoms with E-state index in [-0.39, 0.29) is 12.5 Å². The van der Waals surface area contributed by atoms with Gasteiger partial charge in [0.2, 0.25) is 10.0 Å². The van der Waals surface area contributed by atoms with Crippen LogP contribution in [0, 0.1) is 0 Å². The molecule has 0 unspecified atom stereocenters. The summed E-state index contributed by atoms with van der Waals surface area (Å²) in [7, 11) is -3.50. The Balaban J connectivity index is 1.53. The third-order valence-electron chi connectivity index (χ3n) is 4.92. The van der Waals surface area contributed by atoms with E-state index >= 15 is 0 Å². The molecule has 0 bridgehead atoms. The summed E-state index contributed by atoms with van der Waals surface area (Å²) in [6, 6.07) is 14.2. The number of carbonyl (C=O) groups excluding carboxylic acids is 2. The molecule has 0 radical (unpaired) electrons. The molecule has 0 aliphatic carbocycles. The van der Waals surface area contributed by atoms with Crippen LogP contribution in [-0.2, 0) is 24.3 Å². The van der Waals surface area contributed by atoms with E-state index < -0.39 is 28.6 Å². The van der Waals surface area contributed by atoms with Gasteiger partial charge in [0, 0.05) is 16.3 Å². The highest BCUT2D eigenvalue weighted by Crippen LogP contribution is 2.47. The van der Waals surface area contributed by atoms with E-state index in [1.54, 1.807) is 16.7 Å². The molecule has 152 valence electrons. The number of para-hydroxylation sites is 2. The van der Waals surface area contributed by atoms with Gasteiger partial charge in [-0.05, 0) is 37.1 Å². The molecule has 2 heterocycles. The monoisotopic (exact) mass is 432 g/mol. The van der Waals surface area contributed by atoms with Crippen molar-refractivity contribution in [3.63, 3.8) is 0 Å². The van der Waals surface area contributed by atoms with Crippen LogP contribution >= 0.6 is 11.8 Å². The van der Waals surface area contributed by atoms with Crippen LogP contribution in [0.2, 0.25) is 0 Å². The molecule has 2 aliphatic heterocycles. The second kappa shape index (κ2) is 7.81. The van der Waals surface area contributed by atoms with Crippen LogP contribution in [0.15, 0.2) is 58.3 Å². The SMILES string of the molecule is CS(=O)(=O)N1CCC[C@H]1C(=O)OCC(=O)N1c2ccccc2Sc2ccccc21. The summed E-state index contributed by atoms with van der Waals surface area (Å²) in [6.45, 7) is -0.170. The maximum atomic E-state index is 13.0. The van der Waals surface area contributed by atoms with Crippen molar-refractivity contribution < 1.29 is 22.7 Å². The second-order valence-electron chi connectivity index (χ2n) is 6.91. The highest BCUT2D eigenvalue weighted by atomic mass is 32.2. The van der Waals surface area contributed by atoms with Gasteiger partial charge in [-0.2, -0.15) is 4.31 Å². The molecule has 1 atom stereocenters. The third-order valence-corrected chi connectivity index (χ3v) is 7.34. The van der Waals surface area contributed by atoms with Crippen LogP contribution in [0.1, 0.15) is 12.8 Å². The van der Waals surface area contributed by atoms with E-state index in [0.717, 1.165) is 31.7 Å². The Kier molecular flexibility index (Phi) is 5.37. The smallest absolute Gasteiger partial charge is 0.324 e. The Bertz CT molecular complexity index is 1020. The van der Waals surface area contributed by atoms with Gasteiger partial charge < -0.3 is 4.74 Å². The summed E-state index contributed by atoms with van der Waals surface area (Å²) in [5.41, 5.74) is 1.46. The van der Waals surface area contributed by atoms with Gasteiger partial charge in [-0.1, -0.05) is 36.0 Å². The molecule has 9 heteroatoms.